The number of aromatic nitrogens is 2. The minimum absolute atomic E-state index is 0.0744. The number of aryl methyl sites for hydroxylation is 1. The Hall–Kier alpha value is -1.35. The first-order chi connectivity index (χ1) is 7.37. The van der Waals surface area contributed by atoms with E-state index < -0.39 is 29.7 Å². The lowest BCUT2D eigenvalue weighted by Gasteiger charge is -2.16. The monoisotopic (exact) mass is 268 g/mol. The van der Waals surface area contributed by atoms with Crippen LogP contribution in [0.5, 0.6) is 0 Å². The Morgan fingerprint density at radius 2 is 1.47 bits per heavy atom. The summed E-state index contributed by atoms with van der Waals surface area (Å²) >= 11 is 0. The van der Waals surface area contributed by atoms with Crippen LogP contribution in [0.15, 0.2) is 6.07 Å². The van der Waals surface area contributed by atoms with E-state index in [4.69, 9.17) is 0 Å². The maximum Gasteiger partial charge on any atom is 0.459 e. The number of nitrogens with zero attached hydrogens (tertiary/aromatic N) is 2. The van der Waals surface area contributed by atoms with Gasteiger partial charge in [-0.3, -0.25) is 4.68 Å². The van der Waals surface area contributed by atoms with Gasteiger partial charge in [-0.25, -0.2) is 0 Å². The van der Waals surface area contributed by atoms with Crippen molar-refractivity contribution >= 4 is 0 Å². The van der Waals surface area contributed by atoms with Gasteiger partial charge in [-0.05, 0) is 6.07 Å². The summed E-state index contributed by atoms with van der Waals surface area (Å²) in [5, 5.41) is 2.54. The Kier molecular flexibility index (Phi) is 2.88. The first kappa shape index (κ1) is 13.7. The van der Waals surface area contributed by atoms with E-state index in [0.717, 1.165) is 0 Å². The number of alkyl halides is 8. The Bertz CT molecular complexity index is 412. The van der Waals surface area contributed by atoms with Crippen molar-refractivity contribution in [2.45, 2.75) is 18.3 Å². The van der Waals surface area contributed by atoms with Crippen molar-refractivity contribution in [2.75, 3.05) is 0 Å². The van der Waals surface area contributed by atoms with Gasteiger partial charge in [-0.1, -0.05) is 0 Å². The molecule has 1 heterocycles. The van der Waals surface area contributed by atoms with Crippen molar-refractivity contribution in [1.29, 1.82) is 0 Å². The van der Waals surface area contributed by atoms with Gasteiger partial charge in [0.2, 0.25) is 0 Å². The second kappa shape index (κ2) is 3.57. The van der Waals surface area contributed by atoms with Crippen LogP contribution in [-0.4, -0.2) is 16.0 Å². The van der Waals surface area contributed by atoms with Crippen molar-refractivity contribution in [3.8, 4) is 0 Å². The molecule has 1 rings (SSSR count). The third kappa shape index (κ3) is 2.34. The molecule has 2 nitrogen and oxygen atoms in total. The van der Waals surface area contributed by atoms with Crippen molar-refractivity contribution < 1.29 is 35.1 Å². The Morgan fingerprint density at radius 1 is 1.00 bits per heavy atom. The standard InChI is InChI=1S/C7H4F8N2/c1-17-4(6(10,11)12)2-3(16-17)5(8,9)7(13,14)15/h2H,1H3. The zero-order valence-corrected chi connectivity index (χ0v) is 8.00. The normalized spacial score (nSPS) is 14.2. The smallest absolute Gasteiger partial charge is 0.263 e. The fourth-order valence-corrected chi connectivity index (χ4v) is 1.03. The van der Waals surface area contributed by atoms with Gasteiger partial charge in [0, 0.05) is 7.05 Å². The molecule has 0 unspecified atom stereocenters. The van der Waals surface area contributed by atoms with Crippen LogP contribution in [0, 0.1) is 0 Å². The summed E-state index contributed by atoms with van der Waals surface area (Å²) in [4.78, 5) is 0. The molecule has 0 amide bonds. The van der Waals surface area contributed by atoms with E-state index in [1.807, 2.05) is 0 Å². The average Bonchev–Trinajstić information content (AvgIpc) is 2.44. The van der Waals surface area contributed by atoms with Crippen molar-refractivity contribution in [2.24, 2.45) is 7.05 Å². The molecule has 0 radical (unpaired) electrons. The maximum atomic E-state index is 12.7. The molecule has 0 spiro atoms. The van der Waals surface area contributed by atoms with Crippen molar-refractivity contribution in [3.63, 3.8) is 0 Å². The van der Waals surface area contributed by atoms with Crippen LogP contribution in [0.1, 0.15) is 11.4 Å². The van der Waals surface area contributed by atoms with Crippen molar-refractivity contribution in [3.05, 3.63) is 17.5 Å². The molecule has 0 fully saturated rings. The van der Waals surface area contributed by atoms with Crippen molar-refractivity contribution in [1.82, 2.24) is 9.78 Å². The topological polar surface area (TPSA) is 17.8 Å². The maximum absolute atomic E-state index is 12.7. The molecule has 0 bridgehead atoms. The largest absolute Gasteiger partial charge is 0.459 e. The lowest BCUT2D eigenvalue weighted by Crippen LogP contribution is -2.34. The van der Waals surface area contributed by atoms with Crippen LogP contribution in [0.4, 0.5) is 35.1 Å². The highest BCUT2D eigenvalue weighted by atomic mass is 19.4. The lowest BCUT2D eigenvalue weighted by atomic mass is 10.2. The van der Waals surface area contributed by atoms with Gasteiger partial charge in [-0.2, -0.15) is 40.2 Å². The van der Waals surface area contributed by atoms with Gasteiger partial charge in [-0.15, -0.1) is 0 Å². The van der Waals surface area contributed by atoms with Gasteiger partial charge in [0.1, 0.15) is 11.4 Å². The van der Waals surface area contributed by atoms with E-state index in [9.17, 15) is 35.1 Å². The fraction of sp³-hybridized carbons (Fsp3) is 0.571. The summed E-state index contributed by atoms with van der Waals surface area (Å²) in [5.41, 5.74) is -3.67. The summed E-state index contributed by atoms with van der Waals surface area (Å²) in [5.74, 6) is -5.42. The summed E-state index contributed by atoms with van der Waals surface area (Å²) in [7, 11) is 0.624. The average molecular weight is 268 g/mol. The van der Waals surface area contributed by atoms with Crippen LogP contribution in [-0.2, 0) is 19.1 Å². The number of rotatable bonds is 1. The van der Waals surface area contributed by atoms with Crippen LogP contribution < -0.4 is 0 Å². The molecule has 17 heavy (non-hydrogen) atoms. The third-order valence-corrected chi connectivity index (χ3v) is 1.85. The molecule has 0 atom stereocenters. The highest BCUT2D eigenvalue weighted by Crippen LogP contribution is 2.44. The Labute approximate surface area is 88.8 Å². The van der Waals surface area contributed by atoms with Crippen LogP contribution in [0.3, 0.4) is 0 Å². The van der Waals surface area contributed by atoms with E-state index in [-0.39, 0.29) is 10.7 Å². The van der Waals surface area contributed by atoms with E-state index >= 15 is 0 Å². The Balaban J connectivity index is 3.28. The third-order valence-electron chi connectivity index (χ3n) is 1.85. The zero-order valence-electron chi connectivity index (χ0n) is 8.00. The molecule has 98 valence electrons. The first-order valence-corrected chi connectivity index (χ1v) is 3.93. The van der Waals surface area contributed by atoms with Crippen LogP contribution >= 0.6 is 0 Å². The van der Waals surface area contributed by atoms with Gasteiger partial charge in [0.25, 0.3) is 0 Å². The highest BCUT2D eigenvalue weighted by molar-refractivity contribution is 5.18. The molecule has 0 N–H and O–H groups in total. The molecule has 0 aromatic carbocycles. The number of halogens is 8. The summed E-state index contributed by atoms with van der Waals surface area (Å²) < 4.78 is 97.4. The summed E-state index contributed by atoms with van der Waals surface area (Å²) in [6, 6.07) is -0.326. The number of hydrogen-bond donors (Lipinski definition) is 0. The predicted molar refractivity (Wildman–Crippen MR) is 38.2 cm³/mol. The fourth-order valence-electron chi connectivity index (χ4n) is 1.03. The lowest BCUT2D eigenvalue weighted by molar-refractivity contribution is -0.291. The zero-order chi connectivity index (χ0) is 13.6. The van der Waals surface area contributed by atoms with Gasteiger partial charge >= 0.3 is 18.3 Å². The minimum Gasteiger partial charge on any atom is -0.263 e. The molecule has 0 saturated heterocycles. The molecule has 0 saturated carbocycles. The molecular weight excluding hydrogens is 264 g/mol. The molecular formula is C7H4F8N2. The molecule has 0 aliphatic rings. The summed E-state index contributed by atoms with van der Waals surface area (Å²) in [6.07, 6.45) is -11.0. The van der Waals surface area contributed by atoms with Crippen LogP contribution in [0.2, 0.25) is 0 Å². The van der Waals surface area contributed by atoms with E-state index in [0.29, 0.717) is 7.05 Å². The molecule has 0 aliphatic heterocycles. The molecule has 1 aromatic rings. The summed E-state index contributed by atoms with van der Waals surface area (Å²) in [6.45, 7) is 0. The quantitative estimate of drug-likeness (QED) is 0.715. The second-order valence-electron chi connectivity index (χ2n) is 3.11. The Morgan fingerprint density at radius 3 is 1.76 bits per heavy atom. The van der Waals surface area contributed by atoms with Crippen LogP contribution in [0.25, 0.3) is 0 Å². The second-order valence-corrected chi connectivity index (χ2v) is 3.11. The van der Waals surface area contributed by atoms with E-state index in [2.05, 4.69) is 5.10 Å². The van der Waals surface area contributed by atoms with E-state index in [1.54, 1.807) is 0 Å². The highest BCUT2D eigenvalue weighted by Gasteiger charge is 2.61. The van der Waals surface area contributed by atoms with Gasteiger partial charge in [0.05, 0.1) is 0 Å². The predicted octanol–water partition coefficient (Wildman–Crippen LogP) is 3.09. The van der Waals surface area contributed by atoms with Gasteiger partial charge in [0.15, 0.2) is 0 Å². The molecule has 0 aliphatic carbocycles. The number of hydrogen-bond acceptors (Lipinski definition) is 1. The van der Waals surface area contributed by atoms with Gasteiger partial charge < -0.3 is 0 Å². The first-order valence-electron chi connectivity index (χ1n) is 3.93. The molecule has 10 heteroatoms. The molecule has 1 aromatic heterocycles. The van der Waals surface area contributed by atoms with E-state index in [1.165, 1.54) is 0 Å². The minimum atomic E-state index is -6.00. The SMILES string of the molecule is Cn1nc(C(F)(F)C(F)(F)F)cc1C(F)(F)F.